The maximum Gasteiger partial charge on any atom is 0.415 e. The number of para-hydroxylation sites is 1. The summed E-state index contributed by atoms with van der Waals surface area (Å²) in [6.45, 7) is 5.63. The van der Waals surface area contributed by atoms with E-state index in [9.17, 15) is 4.79 Å². The Morgan fingerprint density at radius 1 is 1.15 bits per heavy atom. The Labute approximate surface area is 118 Å². The second-order valence-corrected chi connectivity index (χ2v) is 5.10. The third kappa shape index (κ3) is 2.18. The summed E-state index contributed by atoms with van der Waals surface area (Å²) >= 11 is 0. The summed E-state index contributed by atoms with van der Waals surface area (Å²) in [4.78, 5) is 14.1. The monoisotopic (exact) mass is 270 g/mol. The zero-order chi connectivity index (χ0) is 14.1. The molecular weight excluding hydrogens is 252 g/mol. The number of nitrogens with zero attached hydrogens (tertiary/aromatic N) is 2. The van der Waals surface area contributed by atoms with Gasteiger partial charge in [0.15, 0.2) is 0 Å². The standard InChI is InChI=1S/C16H18N2O2/c1-12-8-9-15-13(2)18(11-10-17(12)15)16(19)20-14-6-4-3-5-7-14/h3-9,13H,10-11H2,1-2H3. The molecule has 1 amide bonds. The van der Waals surface area contributed by atoms with Gasteiger partial charge < -0.3 is 9.30 Å². The normalized spacial score (nSPS) is 17.7. The maximum absolute atomic E-state index is 12.3. The zero-order valence-corrected chi connectivity index (χ0v) is 11.7. The topological polar surface area (TPSA) is 34.5 Å². The largest absolute Gasteiger partial charge is 0.415 e. The van der Waals surface area contributed by atoms with Crippen molar-refractivity contribution in [2.45, 2.75) is 26.4 Å². The molecule has 2 aromatic rings. The Hall–Kier alpha value is -2.23. The van der Waals surface area contributed by atoms with Gasteiger partial charge in [0.25, 0.3) is 0 Å². The van der Waals surface area contributed by atoms with E-state index in [2.05, 4.69) is 23.6 Å². The molecule has 1 aliphatic rings. The minimum Gasteiger partial charge on any atom is -0.410 e. The fourth-order valence-electron chi connectivity index (χ4n) is 2.72. The summed E-state index contributed by atoms with van der Waals surface area (Å²) < 4.78 is 7.68. The predicted molar refractivity (Wildman–Crippen MR) is 76.8 cm³/mol. The molecule has 1 atom stereocenters. The molecule has 0 radical (unpaired) electrons. The maximum atomic E-state index is 12.3. The van der Waals surface area contributed by atoms with E-state index in [1.165, 1.54) is 11.4 Å². The van der Waals surface area contributed by atoms with Gasteiger partial charge in [-0.1, -0.05) is 18.2 Å². The van der Waals surface area contributed by atoms with E-state index in [1.54, 1.807) is 17.0 Å². The Bertz CT molecular complexity index is 619. The number of fused-ring (bicyclic) bond motifs is 1. The minimum absolute atomic E-state index is 0.0358. The van der Waals surface area contributed by atoms with E-state index >= 15 is 0 Å². The highest BCUT2D eigenvalue weighted by Gasteiger charge is 2.29. The molecule has 0 bridgehead atoms. The van der Waals surface area contributed by atoms with Crippen molar-refractivity contribution in [1.29, 1.82) is 0 Å². The molecule has 0 saturated carbocycles. The number of benzene rings is 1. The lowest BCUT2D eigenvalue weighted by molar-refractivity contribution is 0.121. The van der Waals surface area contributed by atoms with Crippen LogP contribution in [0.1, 0.15) is 24.4 Å². The SMILES string of the molecule is Cc1ccc2n1CCN(C(=O)Oc1ccccc1)C2C. The molecule has 2 heterocycles. The molecule has 0 fully saturated rings. The van der Waals surface area contributed by atoms with E-state index in [-0.39, 0.29) is 12.1 Å². The molecule has 3 rings (SSSR count). The number of aromatic nitrogens is 1. The van der Waals surface area contributed by atoms with Crippen LogP contribution in [0.2, 0.25) is 0 Å². The van der Waals surface area contributed by atoms with Gasteiger partial charge in [0.2, 0.25) is 0 Å². The van der Waals surface area contributed by atoms with E-state index in [4.69, 9.17) is 4.74 Å². The van der Waals surface area contributed by atoms with Crippen molar-refractivity contribution in [1.82, 2.24) is 9.47 Å². The molecule has 104 valence electrons. The first-order chi connectivity index (χ1) is 9.66. The molecule has 1 aromatic carbocycles. The molecule has 4 heteroatoms. The summed E-state index contributed by atoms with van der Waals surface area (Å²) in [5.41, 5.74) is 2.40. The Morgan fingerprint density at radius 2 is 1.90 bits per heavy atom. The fraction of sp³-hybridized carbons (Fsp3) is 0.312. The second-order valence-electron chi connectivity index (χ2n) is 5.10. The summed E-state index contributed by atoms with van der Waals surface area (Å²) in [6, 6.07) is 13.4. The number of ether oxygens (including phenoxy) is 1. The van der Waals surface area contributed by atoms with Crippen LogP contribution >= 0.6 is 0 Å². The number of hydrogen-bond donors (Lipinski definition) is 0. The van der Waals surface area contributed by atoms with E-state index < -0.39 is 0 Å². The Morgan fingerprint density at radius 3 is 2.65 bits per heavy atom. The summed E-state index contributed by atoms with van der Waals surface area (Å²) in [5.74, 6) is 0.585. The van der Waals surface area contributed by atoms with E-state index in [1.807, 2.05) is 25.1 Å². The van der Waals surface area contributed by atoms with Crippen LogP contribution in [0.3, 0.4) is 0 Å². The smallest absolute Gasteiger partial charge is 0.410 e. The van der Waals surface area contributed by atoms with Crippen molar-refractivity contribution < 1.29 is 9.53 Å². The van der Waals surface area contributed by atoms with Gasteiger partial charge in [-0.15, -0.1) is 0 Å². The highest BCUT2D eigenvalue weighted by molar-refractivity contribution is 5.71. The predicted octanol–water partition coefficient (Wildman–Crippen LogP) is 3.37. The fourth-order valence-corrected chi connectivity index (χ4v) is 2.72. The van der Waals surface area contributed by atoms with Crippen molar-refractivity contribution in [3.05, 3.63) is 53.9 Å². The molecule has 0 saturated heterocycles. The Kier molecular flexibility index (Phi) is 3.22. The average Bonchev–Trinajstić information content (AvgIpc) is 2.83. The van der Waals surface area contributed by atoms with Gasteiger partial charge in [-0.2, -0.15) is 0 Å². The molecule has 1 aliphatic heterocycles. The third-order valence-electron chi connectivity index (χ3n) is 3.88. The number of amides is 1. The molecule has 20 heavy (non-hydrogen) atoms. The molecule has 0 N–H and O–H groups in total. The first-order valence-corrected chi connectivity index (χ1v) is 6.86. The lowest BCUT2D eigenvalue weighted by Crippen LogP contribution is -2.42. The molecule has 4 nitrogen and oxygen atoms in total. The highest BCUT2D eigenvalue weighted by atomic mass is 16.6. The van der Waals surface area contributed by atoms with Gasteiger partial charge in [-0.25, -0.2) is 4.79 Å². The van der Waals surface area contributed by atoms with Gasteiger partial charge in [-0.3, -0.25) is 4.90 Å². The molecule has 1 aromatic heterocycles. The van der Waals surface area contributed by atoms with Crippen LogP contribution < -0.4 is 4.74 Å². The molecule has 1 unspecified atom stereocenters. The van der Waals surface area contributed by atoms with Crippen LogP contribution in [0.4, 0.5) is 4.79 Å². The first-order valence-electron chi connectivity index (χ1n) is 6.86. The van der Waals surface area contributed by atoms with Gasteiger partial charge in [-0.05, 0) is 38.1 Å². The average molecular weight is 270 g/mol. The first kappa shape index (κ1) is 12.8. The van der Waals surface area contributed by atoms with E-state index in [0.717, 1.165) is 6.54 Å². The van der Waals surface area contributed by atoms with Crippen molar-refractivity contribution in [3.63, 3.8) is 0 Å². The zero-order valence-electron chi connectivity index (χ0n) is 11.7. The quantitative estimate of drug-likeness (QED) is 0.796. The highest BCUT2D eigenvalue weighted by Crippen LogP contribution is 2.28. The van der Waals surface area contributed by atoms with Crippen molar-refractivity contribution >= 4 is 6.09 Å². The van der Waals surface area contributed by atoms with Gasteiger partial charge in [0.05, 0.1) is 6.04 Å². The molecule has 0 spiro atoms. The van der Waals surface area contributed by atoms with Crippen molar-refractivity contribution in [3.8, 4) is 5.75 Å². The van der Waals surface area contributed by atoms with Gasteiger partial charge in [0, 0.05) is 24.5 Å². The van der Waals surface area contributed by atoms with Crippen LogP contribution in [0.5, 0.6) is 5.75 Å². The minimum atomic E-state index is -0.284. The van der Waals surface area contributed by atoms with Gasteiger partial charge >= 0.3 is 6.09 Å². The number of rotatable bonds is 1. The molecule has 0 aliphatic carbocycles. The summed E-state index contributed by atoms with van der Waals surface area (Å²) in [5, 5.41) is 0. The lowest BCUT2D eigenvalue weighted by Gasteiger charge is -2.34. The number of hydrogen-bond acceptors (Lipinski definition) is 2. The van der Waals surface area contributed by atoms with Crippen molar-refractivity contribution in [2.75, 3.05) is 6.54 Å². The molecular formula is C16H18N2O2. The van der Waals surface area contributed by atoms with Crippen LogP contribution in [-0.2, 0) is 6.54 Å². The Balaban J connectivity index is 1.77. The van der Waals surface area contributed by atoms with Gasteiger partial charge in [0.1, 0.15) is 5.75 Å². The lowest BCUT2D eigenvalue weighted by atomic mass is 10.1. The second kappa shape index (κ2) is 5.04. The van der Waals surface area contributed by atoms with Crippen LogP contribution in [0.25, 0.3) is 0 Å². The summed E-state index contributed by atoms with van der Waals surface area (Å²) in [7, 11) is 0. The van der Waals surface area contributed by atoms with Crippen LogP contribution in [0, 0.1) is 6.92 Å². The number of carbonyl (C=O) groups is 1. The summed E-state index contributed by atoms with van der Waals surface area (Å²) in [6.07, 6.45) is -0.284. The number of aryl methyl sites for hydroxylation is 1. The van der Waals surface area contributed by atoms with Crippen molar-refractivity contribution in [2.24, 2.45) is 0 Å². The number of carbonyl (C=O) groups excluding carboxylic acids is 1. The van der Waals surface area contributed by atoms with E-state index in [0.29, 0.717) is 12.3 Å². The van der Waals surface area contributed by atoms with Crippen LogP contribution in [-0.4, -0.2) is 22.1 Å². The van der Waals surface area contributed by atoms with Crippen LogP contribution in [0.15, 0.2) is 42.5 Å². The third-order valence-corrected chi connectivity index (χ3v) is 3.88.